The number of piperidine rings is 1. The Morgan fingerprint density at radius 2 is 1.53 bits per heavy atom. The van der Waals surface area contributed by atoms with Crippen molar-refractivity contribution in [1.82, 2.24) is 4.90 Å². The molecule has 0 N–H and O–H groups in total. The number of rotatable bonds is 3. The quantitative estimate of drug-likeness (QED) is 0.730. The number of carbonyl (C=O) groups is 2. The molecule has 0 aliphatic carbocycles. The van der Waals surface area contributed by atoms with Crippen LogP contribution in [-0.4, -0.2) is 58.1 Å². The highest BCUT2D eigenvalue weighted by molar-refractivity contribution is 7.62. The third kappa shape index (κ3) is 11.8. The topological polar surface area (TPSA) is 54.5 Å². The van der Waals surface area contributed by atoms with Gasteiger partial charge in [-0.2, -0.15) is 0 Å². The molecule has 0 radical (unpaired) electrons. The number of nitrogens with zero attached hydrogens (tertiary/aromatic N) is 1. The van der Waals surface area contributed by atoms with Crippen LogP contribution in [0.1, 0.15) is 19.3 Å². The van der Waals surface area contributed by atoms with Gasteiger partial charge < -0.3 is 19.1 Å². The molecule has 1 aliphatic heterocycles. The second kappa shape index (κ2) is 10.7. The van der Waals surface area contributed by atoms with Crippen LogP contribution in [-0.2, 0) is 14.2 Å². The highest BCUT2D eigenvalue weighted by Crippen LogP contribution is 2.38. The summed E-state index contributed by atoms with van der Waals surface area (Å²) in [6.07, 6.45) is 4.73. The van der Waals surface area contributed by atoms with Gasteiger partial charge in [0.2, 0.25) is 0 Å². The van der Waals surface area contributed by atoms with Gasteiger partial charge in [-0.05, 0) is 58.6 Å². The van der Waals surface area contributed by atoms with Crippen molar-refractivity contribution in [1.29, 1.82) is 0 Å². The molecule has 1 aliphatic rings. The van der Waals surface area contributed by atoms with E-state index in [1.54, 1.807) is 0 Å². The van der Waals surface area contributed by atoms with E-state index in [2.05, 4.69) is 11.9 Å². The van der Waals surface area contributed by atoms with Crippen LogP contribution in [0.3, 0.4) is 0 Å². The van der Waals surface area contributed by atoms with E-state index in [0.717, 1.165) is 12.1 Å². The van der Waals surface area contributed by atoms with Crippen LogP contribution in [0, 0.1) is 5.92 Å². The molecular formula is C12H26NO3P. The van der Waals surface area contributed by atoms with E-state index in [0.29, 0.717) is 0 Å². The average molecular weight is 263 g/mol. The van der Waals surface area contributed by atoms with Crippen LogP contribution in [0.5, 0.6) is 0 Å². The van der Waals surface area contributed by atoms with Crippen molar-refractivity contribution in [2.75, 3.05) is 39.6 Å². The summed E-state index contributed by atoms with van der Waals surface area (Å²) in [6, 6.07) is 0. The van der Waals surface area contributed by atoms with Crippen molar-refractivity contribution in [2.24, 2.45) is 5.92 Å². The van der Waals surface area contributed by atoms with Crippen molar-refractivity contribution < 1.29 is 14.2 Å². The number of hydrogen-bond acceptors (Lipinski definition) is 4. The predicted octanol–water partition coefficient (Wildman–Crippen LogP) is 1.97. The zero-order chi connectivity index (χ0) is 13.9. The minimum atomic E-state index is -1.76. The molecule has 102 valence electrons. The van der Waals surface area contributed by atoms with E-state index in [-0.39, 0.29) is 0 Å². The van der Waals surface area contributed by atoms with Crippen LogP contribution in [0.15, 0.2) is 0 Å². The lowest BCUT2D eigenvalue weighted by Gasteiger charge is -2.29. The fraction of sp³-hybridized carbons (Fsp3) is 0.833. The Labute approximate surface area is 105 Å². The van der Waals surface area contributed by atoms with Gasteiger partial charge in [0, 0.05) is 6.16 Å². The second-order valence-electron chi connectivity index (χ2n) is 4.83. The van der Waals surface area contributed by atoms with Gasteiger partial charge in [-0.25, -0.2) is 0 Å². The van der Waals surface area contributed by atoms with Crippen LogP contribution in [0.25, 0.3) is 0 Å². The zero-order valence-corrected chi connectivity index (χ0v) is 12.2. The summed E-state index contributed by atoms with van der Waals surface area (Å²) in [6.45, 7) is 10.3. The highest BCUT2D eigenvalue weighted by atomic mass is 31.2. The van der Waals surface area contributed by atoms with Gasteiger partial charge in [0.05, 0.1) is 7.14 Å². The lowest BCUT2D eigenvalue weighted by atomic mass is 9.95. The first-order valence-electron chi connectivity index (χ1n) is 5.77. The van der Waals surface area contributed by atoms with Gasteiger partial charge in [0.15, 0.2) is 0 Å². The Morgan fingerprint density at radius 3 is 1.88 bits per heavy atom. The van der Waals surface area contributed by atoms with E-state index < -0.39 is 7.14 Å². The van der Waals surface area contributed by atoms with E-state index in [1.807, 2.05) is 26.9 Å². The predicted molar refractivity (Wildman–Crippen MR) is 73.4 cm³/mol. The van der Waals surface area contributed by atoms with Gasteiger partial charge in [-0.1, -0.05) is 0 Å². The van der Waals surface area contributed by atoms with Crippen molar-refractivity contribution in [3.05, 3.63) is 0 Å². The maximum absolute atomic E-state index is 11.5. The largest absolute Gasteiger partial charge is 0.324 e. The summed E-state index contributed by atoms with van der Waals surface area (Å²) < 4.78 is 11.5. The lowest BCUT2D eigenvalue weighted by molar-refractivity contribution is -0.0987. The van der Waals surface area contributed by atoms with Gasteiger partial charge in [0.25, 0.3) is 0 Å². The first kappa shape index (κ1) is 18.9. The van der Waals surface area contributed by atoms with Crippen LogP contribution in [0.2, 0.25) is 0 Å². The maximum Gasteiger partial charge on any atom is 0.106 e. The fourth-order valence-electron chi connectivity index (χ4n) is 1.84. The molecule has 1 saturated heterocycles. The minimum absolute atomic E-state index is 0.837. The fourth-order valence-corrected chi connectivity index (χ4v) is 2.83. The van der Waals surface area contributed by atoms with E-state index in [9.17, 15) is 4.57 Å². The molecular weight excluding hydrogens is 237 g/mol. The molecule has 0 spiro atoms. The van der Waals surface area contributed by atoms with Gasteiger partial charge >= 0.3 is 0 Å². The molecule has 0 aromatic carbocycles. The van der Waals surface area contributed by atoms with Crippen molar-refractivity contribution in [3.63, 3.8) is 0 Å². The summed E-state index contributed by atoms with van der Waals surface area (Å²) in [5, 5.41) is 0. The van der Waals surface area contributed by atoms with Crippen LogP contribution >= 0.6 is 7.14 Å². The van der Waals surface area contributed by atoms with E-state index in [1.165, 1.54) is 32.4 Å². The molecule has 0 bridgehead atoms. The third-order valence-electron chi connectivity index (χ3n) is 2.91. The van der Waals surface area contributed by atoms with E-state index in [4.69, 9.17) is 9.59 Å². The monoisotopic (exact) mass is 263 g/mol. The Kier molecular flexibility index (Phi) is 11.9. The van der Waals surface area contributed by atoms with Gasteiger partial charge in [-0.3, -0.25) is 0 Å². The summed E-state index contributed by atoms with van der Waals surface area (Å²) in [4.78, 5) is 18.4. The molecule has 0 saturated carbocycles. The van der Waals surface area contributed by atoms with E-state index >= 15 is 0 Å². The SMILES string of the molecule is C=O.C=O.CN1CCC(CCP(C)(C)=O)CC1. The first-order valence-corrected chi connectivity index (χ1v) is 8.56. The molecule has 1 heterocycles. The number of hydrogen-bond donors (Lipinski definition) is 0. The lowest BCUT2D eigenvalue weighted by Crippen LogP contribution is -2.30. The standard InChI is InChI=1S/C10H22NOP.2CH2O/c1-11-7-4-10(5-8-11)6-9-13(2,3)12;2*1-2/h10H,4-9H2,1-3H3;2*1H2. The Morgan fingerprint density at radius 1 is 1.12 bits per heavy atom. The molecule has 0 unspecified atom stereocenters. The molecule has 17 heavy (non-hydrogen) atoms. The Balaban J connectivity index is 0. The van der Waals surface area contributed by atoms with Crippen molar-refractivity contribution in [2.45, 2.75) is 19.3 Å². The normalized spacial score (nSPS) is 17.4. The Hall–Kier alpha value is -0.470. The maximum atomic E-state index is 11.5. The zero-order valence-electron chi connectivity index (χ0n) is 11.4. The molecule has 1 fully saturated rings. The van der Waals surface area contributed by atoms with Gasteiger partial charge in [-0.15, -0.1) is 0 Å². The molecule has 0 aromatic rings. The van der Waals surface area contributed by atoms with Gasteiger partial charge in [0.1, 0.15) is 13.6 Å². The molecule has 1 rings (SSSR count). The average Bonchev–Trinajstić information content (AvgIpc) is 2.33. The molecule has 0 amide bonds. The van der Waals surface area contributed by atoms with Crippen molar-refractivity contribution in [3.8, 4) is 0 Å². The molecule has 5 heteroatoms. The van der Waals surface area contributed by atoms with Crippen LogP contribution < -0.4 is 0 Å². The number of likely N-dealkylation sites (tertiary alicyclic amines) is 1. The smallest absolute Gasteiger partial charge is 0.106 e. The number of carbonyl (C=O) groups excluding carboxylic acids is 2. The summed E-state index contributed by atoms with van der Waals surface area (Å²) >= 11 is 0. The second-order valence-corrected chi connectivity index (χ2v) is 8.43. The first-order chi connectivity index (χ1) is 7.97. The summed E-state index contributed by atoms with van der Waals surface area (Å²) in [5.41, 5.74) is 0. The third-order valence-corrected chi connectivity index (χ3v) is 4.25. The summed E-state index contributed by atoms with van der Waals surface area (Å²) in [5.74, 6) is 0.837. The minimum Gasteiger partial charge on any atom is -0.324 e. The molecule has 0 atom stereocenters. The van der Waals surface area contributed by atoms with Crippen LogP contribution in [0.4, 0.5) is 0 Å². The molecule has 0 aromatic heterocycles. The van der Waals surface area contributed by atoms with Crippen molar-refractivity contribution >= 4 is 20.7 Å². The highest BCUT2D eigenvalue weighted by Gasteiger charge is 2.18. The molecule has 4 nitrogen and oxygen atoms in total. The Bertz CT molecular complexity index is 220. The summed E-state index contributed by atoms with van der Waals surface area (Å²) in [7, 11) is 0.420.